The molecule has 0 aliphatic carbocycles. The third kappa shape index (κ3) is 8.60. The Labute approximate surface area is 174 Å². The molecule has 144 valence electrons. The highest BCUT2D eigenvalue weighted by molar-refractivity contribution is 5.59. The summed E-state index contributed by atoms with van der Waals surface area (Å²) in [4.78, 5) is 2.10. The number of rotatable bonds is 8. The van der Waals surface area contributed by atoms with Crippen molar-refractivity contribution in [2.75, 3.05) is 19.0 Å². The monoisotopic (exact) mass is 378 g/mol. The predicted octanol–water partition coefficient (Wildman–Crippen LogP) is 6.58. The van der Waals surface area contributed by atoms with Crippen LogP contribution in [0.15, 0.2) is 109 Å². The number of anilines is 1. The van der Waals surface area contributed by atoms with Crippen molar-refractivity contribution in [1.29, 1.82) is 5.26 Å². The van der Waals surface area contributed by atoms with E-state index in [9.17, 15) is 0 Å². The van der Waals surface area contributed by atoms with Crippen molar-refractivity contribution in [2.45, 2.75) is 0 Å². The molecular formula is C27H26N2. The van der Waals surface area contributed by atoms with E-state index in [0.717, 1.165) is 5.56 Å². The molecule has 0 aliphatic rings. The highest BCUT2D eigenvalue weighted by Gasteiger charge is 1.93. The maximum atomic E-state index is 8.89. The Kier molecular flexibility index (Phi) is 9.28. The highest BCUT2D eigenvalue weighted by atomic mass is 15.1. The fraction of sp³-hybridized carbons (Fsp3) is 0.0741. The Morgan fingerprint density at radius 2 is 1.14 bits per heavy atom. The van der Waals surface area contributed by atoms with Gasteiger partial charge in [0.2, 0.25) is 0 Å². The van der Waals surface area contributed by atoms with E-state index in [2.05, 4.69) is 41.3 Å². The molecule has 2 rings (SSSR count). The zero-order valence-electron chi connectivity index (χ0n) is 16.9. The lowest BCUT2D eigenvalue weighted by molar-refractivity contribution is 1.13. The van der Waals surface area contributed by atoms with Crippen LogP contribution < -0.4 is 4.90 Å². The first-order chi connectivity index (χ1) is 14.2. The average molecular weight is 379 g/mol. The van der Waals surface area contributed by atoms with Gasteiger partial charge in [0.05, 0.1) is 11.6 Å². The summed E-state index contributed by atoms with van der Waals surface area (Å²) in [6, 6.07) is 18.1. The topological polar surface area (TPSA) is 27.0 Å². The summed E-state index contributed by atoms with van der Waals surface area (Å²) in [7, 11) is 4.09. The van der Waals surface area contributed by atoms with Gasteiger partial charge in [-0.3, -0.25) is 0 Å². The minimum atomic E-state index is 0.672. The molecule has 2 aromatic carbocycles. The van der Waals surface area contributed by atoms with Crippen LogP contribution >= 0.6 is 0 Å². The minimum Gasteiger partial charge on any atom is -0.378 e. The van der Waals surface area contributed by atoms with E-state index < -0.39 is 0 Å². The highest BCUT2D eigenvalue weighted by Crippen LogP contribution is 2.14. The Morgan fingerprint density at radius 1 is 0.655 bits per heavy atom. The Hall–Kier alpha value is -3.83. The second-order valence-corrected chi connectivity index (χ2v) is 6.48. The lowest BCUT2D eigenvalue weighted by Crippen LogP contribution is -2.08. The molecule has 0 unspecified atom stereocenters. The fourth-order valence-electron chi connectivity index (χ4n) is 2.47. The number of hydrogen-bond donors (Lipinski definition) is 0. The maximum absolute atomic E-state index is 8.89. The molecule has 2 aromatic rings. The number of benzene rings is 2. The number of nitrogens with zero attached hydrogens (tertiary/aromatic N) is 2. The van der Waals surface area contributed by atoms with Crippen LogP contribution in [0.5, 0.6) is 0 Å². The number of allylic oxidation sites excluding steroid dienone is 10. The van der Waals surface area contributed by atoms with Crippen molar-refractivity contribution in [2.24, 2.45) is 0 Å². The second-order valence-electron chi connectivity index (χ2n) is 6.48. The predicted molar refractivity (Wildman–Crippen MR) is 127 cm³/mol. The molecule has 0 heterocycles. The van der Waals surface area contributed by atoms with Gasteiger partial charge in [0.15, 0.2) is 0 Å². The summed E-state index contributed by atoms with van der Waals surface area (Å²) in [5, 5.41) is 8.89. The first-order valence-corrected chi connectivity index (χ1v) is 9.48. The minimum absolute atomic E-state index is 0.672. The summed E-state index contributed by atoms with van der Waals surface area (Å²) < 4.78 is 0. The van der Waals surface area contributed by atoms with Crippen molar-refractivity contribution in [3.8, 4) is 6.07 Å². The van der Waals surface area contributed by atoms with Gasteiger partial charge < -0.3 is 4.90 Å². The zero-order valence-corrected chi connectivity index (χ0v) is 16.9. The lowest BCUT2D eigenvalue weighted by Gasteiger charge is -2.12. The molecule has 0 radical (unpaired) electrons. The van der Waals surface area contributed by atoms with Crippen molar-refractivity contribution >= 4 is 17.8 Å². The van der Waals surface area contributed by atoms with Crippen molar-refractivity contribution in [3.05, 3.63) is 126 Å². The van der Waals surface area contributed by atoms with Gasteiger partial charge in [0, 0.05) is 19.8 Å². The molecular weight excluding hydrogens is 352 g/mol. The van der Waals surface area contributed by atoms with Gasteiger partial charge in [-0.15, -0.1) is 0 Å². The van der Waals surface area contributed by atoms with Crippen molar-refractivity contribution in [3.63, 3.8) is 0 Å². The fourth-order valence-corrected chi connectivity index (χ4v) is 2.47. The van der Waals surface area contributed by atoms with E-state index in [4.69, 9.17) is 5.26 Å². The van der Waals surface area contributed by atoms with E-state index in [0.29, 0.717) is 5.56 Å². The van der Waals surface area contributed by atoms with Gasteiger partial charge in [0.25, 0.3) is 0 Å². The maximum Gasteiger partial charge on any atom is 0.0991 e. The third-order valence-electron chi connectivity index (χ3n) is 3.98. The number of hydrogen-bond acceptors (Lipinski definition) is 2. The standard InChI is InChI=1S/C27H26N2/c1-29(2)27-20-14-18-25(22-27)16-12-10-8-6-4-3-5-7-9-11-15-24-17-13-19-26(21-24)23-28/h3-22H,1-2H3/b5-3+,6-4+,9-7+,10-8+,15-11+,16-12+. The first kappa shape index (κ1) is 21.5. The summed E-state index contributed by atoms with van der Waals surface area (Å²) in [5.74, 6) is 0. The summed E-state index contributed by atoms with van der Waals surface area (Å²) >= 11 is 0. The molecule has 2 nitrogen and oxygen atoms in total. The molecule has 0 aliphatic heterocycles. The van der Waals surface area contributed by atoms with Crippen LogP contribution in [0.2, 0.25) is 0 Å². The number of nitriles is 1. The quantitative estimate of drug-likeness (QED) is 0.485. The Balaban J connectivity index is 1.74. The molecule has 0 saturated heterocycles. The van der Waals surface area contributed by atoms with Crippen LogP contribution in [0.1, 0.15) is 16.7 Å². The molecule has 0 aromatic heterocycles. The van der Waals surface area contributed by atoms with E-state index in [1.165, 1.54) is 11.3 Å². The molecule has 29 heavy (non-hydrogen) atoms. The van der Waals surface area contributed by atoms with Gasteiger partial charge in [-0.1, -0.05) is 97.2 Å². The van der Waals surface area contributed by atoms with Gasteiger partial charge in [-0.25, -0.2) is 0 Å². The largest absolute Gasteiger partial charge is 0.378 e. The van der Waals surface area contributed by atoms with Crippen molar-refractivity contribution < 1.29 is 0 Å². The van der Waals surface area contributed by atoms with Gasteiger partial charge in [0.1, 0.15) is 0 Å². The van der Waals surface area contributed by atoms with Gasteiger partial charge in [-0.2, -0.15) is 5.26 Å². The molecule has 0 bridgehead atoms. The van der Waals surface area contributed by atoms with Crippen LogP contribution in [0, 0.1) is 11.3 Å². The van der Waals surface area contributed by atoms with E-state index in [1.54, 1.807) is 6.07 Å². The Morgan fingerprint density at radius 3 is 1.66 bits per heavy atom. The molecule has 0 amide bonds. The SMILES string of the molecule is CN(C)c1cccc(/C=C/C=C/C=C/C=C/C=C/C=C/c2cccc(C#N)c2)c1. The third-order valence-corrected chi connectivity index (χ3v) is 3.98. The van der Waals surface area contributed by atoms with Gasteiger partial charge in [-0.05, 0) is 35.4 Å². The zero-order chi connectivity index (χ0) is 20.7. The van der Waals surface area contributed by atoms with E-state index >= 15 is 0 Å². The second kappa shape index (κ2) is 12.5. The van der Waals surface area contributed by atoms with Crippen LogP contribution in [0.3, 0.4) is 0 Å². The van der Waals surface area contributed by atoms with E-state index in [1.807, 2.05) is 99.1 Å². The van der Waals surface area contributed by atoms with Crippen molar-refractivity contribution in [1.82, 2.24) is 0 Å². The normalized spacial score (nSPS) is 12.3. The van der Waals surface area contributed by atoms with Gasteiger partial charge >= 0.3 is 0 Å². The van der Waals surface area contributed by atoms with Crippen LogP contribution in [0.25, 0.3) is 12.2 Å². The van der Waals surface area contributed by atoms with Crippen LogP contribution in [0.4, 0.5) is 5.69 Å². The smallest absolute Gasteiger partial charge is 0.0991 e. The van der Waals surface area contributed by atoms with Crippen LogP contribution in [-0.4, -0.2) is 14.1 Å². The van der Waals surface area contributed by atoms with Crippen LogP contribution in [-0.2, 0) is 0 Å². The lowest BCUT2D eigenvalue weighted by atomic mass is 10.1. The Bertz CT molecular complexity index is 993. The molecule has 0 N–H and O–H groups in total. The average Bonchev–Trinajstić information content (AvgIpc) is 2.74. The summed E-state index contributed by atoms with van der Waals surface area (Å²) in [6.45, 7) is 0. The summed E-state index contributed by atoms with van der Waals surface area (Å²) in [6.07, 6.45) is 23.9. The van der Waals surface area contributed by atoms with E-state index in [-0.39, 0.29) is 0 Å². The molecule has 2 heteroatoms. The summed E-state index contributed by atoms with van der Waals surface area (Å²) in [5.41, 5.74) is 4.07. The first-order valence-electron chi connectivity index (χ1n) is 9.48. The molecule has 0 atom stereocenters. The molecule has 0 fully saturated rings. The molecule has 0 spiro atoms. The molecule has 0 saturated carbocycles.